The minimum Gasteiger partial charge on any atom is -0.314 e. The van der Waals surface area contributed by atoms with E-state index in [1.165, 1.54) is 22.2 Å². The van der Waals surface area contributed by atoms with Gasteiger partial charge in [-0.05, 0) is 47.3 Å². The summed E-state index contributed by atoms with van der Waals surface area (Å²) in [7, 11) is 0. The third kappa shape index (κ3) is 4.56. The molecular formula is C13H22BrNS. The van der Waals surface area contributed by atoms with Gasteiger partial charge in [0.15, 0.2) is 0 Å². The highest BCUT2D eigenvalue weighted by Gasteiger charge is 2.16. The minimum atomic E-state index is 0.621. The van der Waals surface area contributed by atoms with Gasteiger partial charge in [-0.15, -0.1) is 11.3 Å². The van der Waals surface area contributed by atoms with Gasteiger partial charge in [-0.25, -0.2) is 0 Å². The third-order valence-electron chi connectivity index (χ3n) is 2.94. The summed E-state index contributed by atoms with van der Waals surface area (Å²) in [5, 5.41) is 5.79. The van der Waals surface area contributed by atoms with Crippen LogP contribution in [0.5, 0.6) is 0 Å². The lowest BCUT2D eigenvalue weighted by Crippen LogP contribution is -2.36. The molecule has 3 heteroatoms. The van der Waals surface area contributed by atoms with Crippen LogP contribution in [-0.2, 0) is 6.42 Å². The van der Waals surface area contributed by atoms with Crippen LogP contribution in [0.15, 0.2) is 15.9 Å². The number of rotatable bonds is 7. The molecule has 0 bridgehead atoms. The van der Waals surface area contributed by atoms with Crippen LogP contribution in [0.2, 0.25) is 0 Å². The number of likely N-dealkylation sites (N-methyl/N-ethyl adjacent to an activating group) is 1. The molecule has 2 atom stereocenters. The van der Waals surface area contributed by atoms with E-state index >= 15 is 0 Å². The van der Waals surface area contributed by atoms with E-state index in [-0.39, 0.29) is 0 Å². The predicted octanol–water partition coefficient (Wildman–Crippen LogP) is 4.47. The van der Waals surface area contributed by atoms with Crippen molar-refractivity contribution in [3.05, 3.63) is 20.8 Å². The first kappa shape index (κ1) is 14.2. The van der Waals surface area contributed by atoms with Gasteiger partial charge in [0.1, 0.15) is 0 Å². The minimum absolute atomic E-state index is 0.621. The second-order valence-corrected chi connectivity index (χ2v) is 6.28. The molecule has 0 aliphatic heterocycles. The van der Waals surface area contributed by atoms with Crippen LogP contribution in [0.4, 0.5) is 0 Å². The van der Waals surface area contributed by atoms with Crippen LogP contribution in [-0.4, -0.2) is 12.6 Å². The van der Waals surface area contributed by atoms with Crippen molar-refractivity contribution in [1.82, 2.24) is 5.32 Å². The zero-order valence-electron chi connectivity index (χ0n) is 10.4. The zero-order chi connectivity index (χ0) is 12.0. The molecule has 0 spiro atoms. The van der Waals surface area contributed by atoms with E-state index in [2.05, 4.69) is 53.5 Å². The van der Waals surface area contributed by atoms with Crippen molar-refractivity contribution in [3.8, 4) is 0 Å². The van der Waals surface area contributed by atoms with Crippen molar-refractivity contribution in [1.29, 1.82) is 0 Å². The van der Waals surface area contributed by atoms with Crippen LogP contribution < -0.4 is 5.32 Å². The molecule has 1 N–H and O–H groups in total. The molecule has 16 heavy (non-hydrogen) atoms. The maximum Gasteiger partial charge on any atom is 0.0285 e. The number of hydrogen-bond donors (Lipinski definition) is 1. The number of halogens is 1. The zero-order valence-corrected chi connectivity index (χ0v) is 12.8. The van der Waals surface area contributed by atoms with Gasteiger partial charge in [0.05, 0.1) is 0 Å². The normalized spacial score (nSPS) is 15.0. The van der Waals surface area contributed by atoms with Crippen molar-refractivity contribution in [2.45, 2.75) is 46.1 Å². The van der Waals surface area contributed by atoms with Gasteiger partial charge in [-0.1, -0.05) is 27.2 Å². The first-order valence-electron chi connectivity index (χ1n) is 6.13. The van der Waals surface area contributed by atoms with Gasteiger partial charge in [0, 0.05) is 20.8 Å². The summed E-state index contributed by atoms with van der Waals surface area (Å²) in [4.78, 5) is 1.47. The maximum atomic E-state index is 3.62. The number of hydrogen-bond acceptors (Lipinski definition) is 2. The van der Waals surface area contributed by atoms with Crippen LogP contribution in [0.3, 0.4) is 0 Å². The Balaban J connectivity index is 2.56. The van der Waals surface area contributed by atoms with Crippen molar-refractivity contribution >= 4 is 27.3 Å². The number of nitrogens with one attached hydrogen (secondary N) is 1. The Morgan fingerprint density at radius 3 is 2.69 bits per heavy atom. The smallest absolute Gasteiger partial charge is 0.0285 e. The largest absolute Gasteiger partial charge is 0.314 e. The molecule has 1 nitrogen and oxygen atoms in total. The molecular weight excluding hydrogens is 282 g/mol. The Hall–Kier alpha value is 0.140. The van der Waals surface area contributed by atoms with Crippen molar-refractivity contribution in [2.24, 2.45) is 5.92 Å². The summed E-state index contributed by atoms with van der Waals surface area (Å²) in [6.07, 6.45) is 3.74. The number of thiophene rings is 1. The van der Waals surface area contributed by atoms with Crippen LogP contribution >= 0.6 is 27.3 Å². The fraction of sp³-hybridized carbons (Fsp3) is 0.692. The predicted molar refractivity (Wildman–Crippen MR) is 77.3 cm³/mol. The molecule has 0 saturated carbocycles. The molecule has 0 fully saturated rings. The van der Waals surface area contributed by atoms with E-state index in [4.69, 9.17) is 0 Å². The third-order valence-corrected chi connectivity index (χ3v) is 4.66. The molecule has 1 aromatic heterocycles. The summed E-state index contributed by atoms with van der Waals surface area (Å²) in [5.74, 6) is 0.755. The Labute approximate surface area is 112 Å². The van der Waals surface area contributed by atoms with E-state index in [1.807, 2.05) is 11.3 Å². The lowest BCUT2D eigenvalue weighted by molar-refractivity contribution is 0.359. The van der Waals surface area contributed by atoms with Crippen molar-refractivity contribution in [2.75, 3.05) is 6.54 Å². The van der Waals surface area contributed by atoms with E-state index < -0.39 is 0 Å². The second-order valence-electron chi connectivity index (χ2n) is 4.37. The van der Waals surface area contributed by atoms with E-state index in [9.17, 15) is 0 Å². The molecule has 92 valence electrons. The van der Waals surface area contributed by atoms with Gasteiger partial charge >= 0.3 is 0 Å². The lowest BCUT2D eigenvalue weighted by Gasteiger charge is -2.24. The summed E-state index contributed by atoms with van der Waals surface area (Å²) >= 11 is 5.37. The molecule has 0 radical (unpaired) electrons. The molecule has 0 aromatic carbocycles. The van der Waals surface area contributed by atoms with Gasteiger partial charge in [-0.3, -0.25) is 0 Å². The van der Waals surface area contributed by atoms with Crippen molar-refractivity contribution < 1.29 is 0 Å². The molecule has 1 rings (SSSR count). The fourth-order valence-electron chi connectivity index (χ4n) is 2.07. The lowest BCUT2D eigenvalue weighted by atomic mass is 9.94. The van der Waals surface area contributed by atoms with E-state index in [0.29, 0.717) is 6.04 Å². The standard InChI is InChI=1S/C13H22BrNS/c1-4-6-10(3)13(15-5-2)8-12-7-11(14)9-16-12/h7,9-10,13,15H,4-6,8H2,1-3H3. The van der Waals surface area contributed by atoms with Gasteiger partial charge in [0.2, 0.25) is 0 Å². The van der Waals surface area contributed by atoms with Crippen LogP contribution in [0, 0.1) is 5.92 Å². The van der Waals surface area contributed by atoms with Gasteiger partial charge < -0.3 is 5.32 Å². The SMILES string of the molecule is CCCC(C)C(Cc1cc(Br)cs1)NCC. The Morgan fingerprint density at radius 1 is 1.44 bits per heavy atom. The average Bonchev–Trinajstić information content (AvgIpc) is 2.64. The van der Waals surface area contributed by atoms with Crippen molar-refractivity contribution in [3.63, 3.8) is 0 Å². The monoisotopic (exact) mass is 303 g/mol. The van der Waals surface area contributed by atoms with Crippen LogP contribution in [0.25, 0.3) is 0 Å². The molecule has 0 aliphatic carbocycles. The highest BCUT2D eigenvalue weighted by molar-refractivity contribution is 9.10. The highest BCUT2D eigenvalue weighted by Crippen LogP contribution is 2.23. The molecule has 1 aromatic rings. The average molecular weight is 304 g/mol. The van der Waals surface area contributed by atoms with Gasteiger partial charge in [0.25, 0.3) is 0 Å². The quantitative estimate of drug-likeness (QED) is 0.784. The summed E-state index contributed by atoms with van der Waals surface area (Å²) < 4.78 is 1.21. The van der Waals surface area contributed by atoms with Crippen LogP contribution in [0.1, 0.15) is 38.5 Å². The maximum absolute atomic E-state index is 3.62. The molecule has 0 saturated heterocycles. The Kier molecular flexibility index (Phi) is 6.62. The summed E-state index contributed by atoms with van der Waals surface area (Å²) in [6, 6.07) is 2.86. The summed E-state index contributed by atoms with van der Waals surface area (Å²) in [5.41, 5.74) is 0. The Morgan fingerprint density at radius 2 is 2.19 bits per heavy atom. The molecule has 2 unspecified atom stereocenters. The molecule has 1 heterocycles. The van der Waals surface area contributed by atoms with E-state index in [0.717, 1.165) is 18.9 Å². The summed E-state index contributed by atoms with van der Waals surface area (Å²) in [6.45, 7) is 7.88. The highest BCUT2D eigenvalue weighted by atomic mass is 79.9. The molecule has 0 aliphatic rings. The second kappa shape index (κ2) is 7.46. The Bertz CT molecular complexity index is 298. The van der Waals surface area contributed by atoms with E-state index in [1.54, 1.807) is 0 Å². The fourth-order valence-corrected chi connectivity index (χ4v) is 3.58. The molecule has 0 amide bonds. The topological polar surface area (TPSA) is 12.0 Å². The van der Waals surface area contributed by atoms with Gasteiger partial charge in [-0.2, -0.15) is 0 Å². The first-order chi connectivity index (χ1) is 7.67. The first-order valence-corrected chi connectivity index (χ1v) is 7.80.